The van der Waals surface area contributed by atoms with Crippen LogP contribution < -0.4 is 9.64 Å². The Morgan fingerprint density at radius 2 is 2.12 bits per heavy atom. The minimum absolute atomic E-state index is 0.405. The molecule has 2 rings (SSSR count). The quantitative estimate of drug-likeness (QED) is 0.784. The summed E-state index contributed by atoms with van der Waals surface area (Å²) >= 11 is 0. The van der Waals surface area contributed by atoms with Crippen LogP contribution in [0.25, 0.3) is 0 Å². The average molecular weight is 235 g/mol. The van der Waals surface area contributed by atoms with E-state index in [4.69, 9.17) is 9.84 Å². The molecule has 17 heavy (non-hydrogen) atoms. The number of fused-ring (bicyclic) bond motifs is 1. The summed E-state index contributed by atoms with van der Waals surface area (Å²) in [5.41, 5.74) is -1.23. The standard InChI is InChI=1S/C12H13NO4/c1-3-13-8-6-4-5-7-9(8)17-12(2,10(13)14)11(15)16/h4-7H,3H2,1-2H3,(H,15,16). The highest BCUT2D eigenvalue weighted by Gasteiger charge is 2.50. The number of ether oxygens (including phenoxy) is 1. The molecule has 0 radical (unpaired) electrons. The molecule has 1 aromatic carbocycles. The van der Waals surface area contributed by atoms with Gasteiger partial charge in [-0.1, -0.05) is 12.1 Å². The number of nitrogens with zero attached hydrogens (tertiary/aromatic N) is 1. The molecule has 90 valence electrons. The van der Waals surface area contributed by atoms with E-state index >= 15 is 0 Å². The van der Waals surface area contributed by atoms with E-state index < -0.39 is 17.5 Å². The van der Waals surface area contributed by atoms with Crippen LogP contribution in [0.1, 0.15) is 13.8 Å². The van der Waals surface area contributed by atoms with Crippen molar-refractivity contribution in [3.05, 3.63) is 24.3 Å². The van der Waals surface area contributed by atoms with Crippen molar-refractivity contribution < 1.29 is 19.4 Å². The van der Waals surface area contributed by atoms with E-state index in [1.54, 1.807) is 31.2 Å². The molecule has 1 aromatic rings. The number of para-hydroxylation sites is 2. The van der Waals surface area contributed by atoms with Gasteiger partial charge in [0.2, 0.25) is 0 Å². The Kier molecular flexibility index (Phi) is 2.53. The minimum Gasteiger partial charge on any atom is -0.478 e. The molecular formula is C12H13NO4. The second-order valence-corrected chi connectivity index (χ2v) is 3.96. The SMILES string of the molecule is CCN1C(=O)C(C)(C(=O)O)Oc2ccccc21. The number of carboxylic acids is 1. The number of hydrogen-bond donors (Lipinski definition) is 1. The van der Waals surface area contributed by atoms with Crippen molar-refractivity contribution in [2.75, 3.05) is 11.4 Å². The molecule has 1 aliphatic heterocycles. The van der Waals surface area contributed by atoms with Crippen LogP contribution in [0.3, 0.4) is 0 Å². The zero-order chi connectivity index (χ0) is 12.6. The van der Waals surface area contributed by atoms with E-state index in [-0.39, 0.29) is 0 Å². The molecule has 1 N–H and O–H groups in total. The lowest BCUT2D eigenvalue weighted by atomic mass is 10.0. The third-order valence-corrected chi connectivity index (χ3v) is 2.85. The Labute approximate surface area is 98.6 Å². The first kappa shape index (κ1) is 11.4. The van der Waals surface area contributed by atoms with Crippen LogP contribution >= 0.6 is 0 Å². The Morgan fingerprint density at radius 3 is 2.71 bits per heavy atom. The predicted molar refractivity (Wildman–Crippen MR) is 61.1 cm³/mol. The zero-order valence-corrected chi connectivity index (χ0v) is 9.64. The van der Waals surface area contributed by atoms with Gasteiger partial charge in [0.1, 0.15) is 5.75 Å². The molecule has 0 bridgehead atoms. The molecule has 0 fully saturated rings. The number of hydrogen-bond acceptors (Lipinski definition) is 3. The molecule has 5 heteroatoms. The van der Waals surface area contributed by atoms with Gasteiger partial charge < -0.3 is 14.7 Å². The number of rotatable bonds is 2. The van der Waals surface area contributed by atoms with Crippen LogP contribution in [-0.4, -0.2) is 29.1 Å². The van der Waals surface area contributed by atoms with Crippen LogP contribution in [0.4, 0.5) is 5.69 Å². The third kappa shape index (κ3) is 1.54. The molecule has 0 spiro atoms. The van der Waals surface area contributed by atoms with Gasteiger partial charge in [-0.25, -0.2) is 4.79 Å². The normalized spacial score (nSPS) is 22.9. The predicted octanol–water partition coefficient (Wildman–Crippen LogP) is 1.28. The van der Waals surface area contributed by atoms with Crippen molar-refractivity contribution in [3.8, 4) is 5.75 Å². The molecule has 1 atom stereocenters. The van der Waals surface area contributed by atoms with E-state index in [0.29, 0.717) is 18.0 Å². The van der Waals surface area contributed by atoms with Crippen molar-refractivity contribution in [1.82, 2.24) is 0 Å². The molecule has 1 amide bonds. The lowest BCUT2D eigenvalue weighted by Crippen LogP contribution is -2.58. The fourth-order valence-electron chi connectivity index (χ4n) is 1.85. The Hall–Kier alpha value is -2.04. The second-order valence-electron chi connectivity index (χ2n) is 3.96. The first-order valence-corrected chi connectivity index (χ1v) is 5.34. The minimum atomic E-state index is -1.84. The van der Waals surface area contributed by atoms with E-state index in [1.807, 2.05) is 0 Å². The highest BCUT2D eigenvalue weighted by molar-refractivity contribution is 6.14. The topological polar surface area (TPSA) is 66.8 Å². The number of carbonyl (C=O) groups excluding carboxylic acids is 1. The maximum Gasteiger partial charge on any atom is 0.357 e. The van der Waals surface area contributed by atoms with Gasteiger partial charge in [0.25, 0.3) is 11.5 Å². The lowest BCUT2D eigenvalue weighted by molar-refractivity contribution is -0.161. The zero-order valence-electron chi connectivity index (χ0n) is 9.64. The van der Waals surface area contributed by atoms with Gasteiger partial charge in [-0.3, -0.25) is 4.79 Å². The maximum atomic E-state index is 12.1. The molecule has 1 aliphatic rings. The largest absolute Gasteiger partial charge is 0.478 e. The Bertz CT molecular complexity index is 485. The summed E-state index contributed by atoms with van der Waals surface area (Å²) in [5.74, 6) is -1.42. The fraction of sp³-hybridized carbons (Fsp3) is 0.333. The second kappa shape index (κ2) is 3.76. The molecular weight excluding hydrogens is 222 g/mol. The van der Waals surface area contributed by atoms with Gasteiger partial charge in [-0.15, -0.1) is 0 Å². The van der Waals surface area contributed by atoms with E-state index in [2.05, 4.69) is 0 Å². The molecule has 1 unspecified atom stereocenters. The number of amides is 1. The number of carbonyl (C=O) groups is 2. The van der Waals surface area contributed by atoms with Crippen LogP contribution in [-0.2, 0) is 9.59 Å². The van der Waals surface area contributed by atoms with Crippen LogP contribution in [0.2, 0.25) is 0 Å². The first-order valence-electron chi connectivity index (χ1n) is 5.34. The average Bonchev–Trinajstić information content (AvgIpc) is 2.30. The van der Waals surface area contributed by atoms with Gasteiger partial charge >= 0.3 is 5.97 Å². The summed E-state index contributed by atoms with van der Waals surface area (Å²) in [6.45, 7) is 3.47. The molecule has 0 aromatic heterocycles. The number of aliphatic carboxylic acids is 1. The first-order chi connectivity index (χ1) is 8.00. The fourth-order valence-corrected chi connectivity index (χ4v) is 1.85. The molecule has 0 aliphatic carbocycles. The van der Waals surface area contributed by atoms with Crippen molar-refractivity contribution in [2.24, 2.45) is 0 Å². The van der Waals surface area contributed by atoms with E-state index in [0.717, 1.165) is 0 Å². The van der Waals surface area contributed by atoms with Crippen molar-refractivity contribution in [2.45, 2.75) is 19.4 Å². The molecule has 0 saturated carbocycles. The van der Waals surface area contributed by atoms with Gasteiger partial charge in [0.15, 0.2) is 0 Å². The summed E-state index contributed by atoms with van der Waals surface area (Å²) in [7, 11) is 0. The van der Waals surface area contributed by atoms with Gasteiger partial charge in [0.05, 0.1) is 5.69 Å². The van der Waals surface area contributed by atoms with Gasteiger partial charge in [0, 0.05) is 6.54 Å². The van der Waals surface area contributed by atoms with Crippen molar-refractivity contribution >= 4 is 17.6 Å². The Balaban J connectivity index is 2.57. The highest BCUT2D eigenvalue weighted by atomic mass is 16.5. The monoisotopic (exact) mass is 235 g/mol. The lowest BCUT2D eigenvalue weighted by Gasteiger charge is -2.37. The summed E-state index contributed by atoms with van der Waals surface area (Å²) < 4.78 is 5.33. The number of benzene rings is 1. The molecule has 1 heterocycles. The van der Waals surface area contributed by atoms with Crippen molar-refractivity contribution in [1.29, 1.82) is 0 Å². The summed E-state index contributed by atoms with van der Waals surface area (Å²) in [5, 5.41) is 9.13. The van der Waals surface area contributed by atoms with Crippen LogP contribution in [0.15, 0.2) is 24.3 Å². The third-order valence-electron chi connectivity index (χ3n) is 2.85. The molecule has 5 nitrogen and oxygen atoms in total. The summed E-state index contributed by atoms with van der Waals surface area (Å²) in [4.78, 5) is 24.7. The van der Waals surface area contributed by atoms with E-state index in [1.165, 1.54) is 11.8 Å². The van der Waals surface area contributed by atoms with Gasteiger partial charge in [-0.05, 0) is 26.0 Å². The smallest absolute Gasteiger partial charge is 0.357 e. The number of likely N-dealkylation sites (N-methyl/N-ethyl adjacent to an activating group) is 1. The number of carboxylic acid groups (broad SMARTS) is 1. The summed E-state index contributed by atoms with van der Waals surface area (Å²) in [6, 6.07) is 6.91. The van der Waals surface area contributed by atoms with Crippen LogP contribution in [0, 0.1) is 0 Å². The van der Waals surface area contributed by atoms with Gasteiger partial charge in [-0.2, -0.15) is 0 Å². The van der Waals surface area contributed by atoms with Crippen molar-refractivity contribution in [3.63, 3.8) is 0 Å². The highest BCUT2D eigenvalue weighted by Crippen LogP contribution is 2.37. The number of anilines is 1. The maximum absolute atomic E-state index is 12.1. The van der Waals surface area contributed by atoms with Crippen LogP contribution in [0.5, 0.6) is 5.75 Å². The summed E-state index contributed by atoms with van der Waals surface area (Å²) in [6.07, 6.45) is 0. The van der Waals surface area contributed by atoms with E-state index in [9.17, 15) is 9.59 Å². The Morgan fingerprint density at radius 1 is 1.47 bits per heavy atom. The molecule has 0 saturated heterocycles.